The quantitative estimate of drug-likeness (QED) is 0.569. The van der Waals surface area contributed by atoms with Crippen LogP contribution in [0.1, 0.15) is 71.6 Å². The van der Waals surface area contributed by atoms with Gasteiger partial charge in [-0.2, -0.15) is 0 Å². The van der Waals surface area contributed by atoms with E-state index in [2.05, 4.69) is 13.8 Å². The second-order valence-corrected chi connectivity index (χ2v) is 6.46. The minimum Gasteiger partial charge on any atom is -0.318 e. The first-order chi connectivity index (χ1) is 7.79. The van der Waals surface area contributed by atoms with Crippen molar-refractivity contribution in [2.45, 2.75) is 76.4 Å². The topological polar surface area (TPSA) is 9.23 Å². The van der Waals surface area contributed by atoms with Gasteiger partial charge in [-0.15, -0.1) is 0 Å². The molecule has 1 saturated carbocycles. The summed E-state index contributed by atoms with van der Waals surface area (Å²) in [5.74, 6) is 0.895. The zero-order valence-electron chi connectivity index (χ0n) is 11.3. The SMILES string of the molecule is CCCC(CCC)(SOC)C1CCCCC1. The Morgan fingerprint density at radius 1 is 1.06 bits per heavy atom. The van der Waals surface area contributed by atoms with E-state index in [0.29, 0.717) is 4.75 Å². The summed E-state index contributed by atoms with van der Waals surface area (Å²) < 4.78 is 5.90. The fourth-order valence-electron chi connectivity index (χ4n) is 3.33. The Morgan fingerprint density at radius 2 is 1.62 bits per heavy atom. The molecule has 0 radical (unpaired) electrons. The summed E-state index contributed by atoms with van der Waals surface area (Å²) in [6.07, 6.45) is 12.4. The molecule has 1 nitrogen and oxygen atoms in total. The minimum atomic E-state index is 0.415. The first-order valence-electron chi connectivity index (χ1n) is 7.01. The molecule has 0 unspecified atom stereocenters. The molecule has 0 amide bonds. The molecular formula is C14H28OS. The fraction of sp³-hybridized carbons (Fsp3) is 1.00. The van der Waals surface area contributed by atoms with Crippen molar-refractivity contribution in [3.05, 3.63) is 0 Å². The summed E-state index contributed by atoms with van der Waals surface area (Å²) in [5, 5.41) is 0. The zero-order chi connectivity index (χ0) is 11.9. The highest BCUT2D eigenvalue weighted by Gasteiger charge is 2.38. The van der Waals surface area contributed by atoms with Crippen molar-refractivity contribution in [2.24, 2.45) is 5.92 Å². The maximum atomic E-state index is 5.48. The van der Waals surface area contributed by atoms with Gasteiger partial charge >= 0.3 is 0 Å². The molecule has 96 valence electrons. The highest BCUT2D eigenvalue weighted by atomic mass is 32.2. The normalized spacial score (nSPS) is 18.9. The van der Waals surface area contributed by atoms with Crippen LogP contribution in [0.25, 0.3) is 0 Å². The number of hydrogen-bond donors (Lipinski definition) is 0. The maximum absolute atomic E-state index is 5.48. The van der Waals surface area contributed by atoms with Crippen LogP contribution in [0.5, 0.6) is 0 Å². The number of hydrogen-bond acceptors (Lipinski definition) is 2. The molecule has 0 saturated heterocycles. The molecule has 0 atom stereocenters. The van der Waals surface area contributed by atoms with Crippen LogP contribution in [0.4, 0.5) is 0 Å². The lowest BCUT2D eigenvalue weighted by atomic mass is 9.75. The Hall–Kier alpha value is 0.310. The monoisotopic (exact) mass is 244 g/mol. The van der Waals surface area contributed by atoms with Gasteiger partial charge in [0.1, 0.15) is 0 Å². The summed E-state index contributed by atoms with van der Waals surface area (Å²) in [7, 11) is 1.84. The average molecular weight is 244 g/mol. The maximum Gasteiger partial charge on any atom is 0.0503 e. The lowest BCUT2D eigenvalue weighted by Gasteiger charge is -2.41. The van der Waals surface area contributed by atoms with E-state index >= 15 is 0 Å². The van der Waals surface area contributed by atoms with Crippen LogP contribution in [0.3, 0.4) is 0 Å². The summed E-state index contributed by atoms with van der Waals surface area (Å²) >= 11 is 1.78. The van der Waals surface area contributed by atoms with Gasteiger partial charge in [-0.25, -0.2) is 0 Å². The molecule has 0 aliphatic heterocycles. The van der Waals surface area contributed by atoms with E-state index in [-0.39, 0.29) is 0 Å². The van der Waals surface area contributed by atoms with E-state index in [1.807, 2.05) is 7.11 Å². The third-order valence-electron chi connectivity index (χ3n) is 3.94. The van der Waals surface area contributed by atoms with E-state index in [9.17, 15) is 0 Å². The van der Waals surface area contributed by atoms with Crippen LogP contribution >= 0.6 is 12.0 Å². The molecule has 0 aromatic rings. The molecule has 1 aliphatic carbocycles. The first-order valence-corrected chi connectivity index (χ1v) is 7.75. The lowest BCUT2D eigenvalue weighted by Crippen LogP contribution is -2.36. The average Bonchev–Trinajstić information content (AvgIpc) is 2.31. The summed E-state index contributed by atoms with van der Waals surface area (Å²) in [4.78, 5) is 0. The predicted octanol–water partition coefficient (Wildman–Crippen LogP) is 5.20. The van der Waals surface area contributed by atoms with Crippen molar-refractivity contribution in [1.29, 1.82) is 0 Å². The van der Waals surface area contributed by atoms with Crippen molar-refractivity contribution in [2.75, 3.05) is 7.11 Å². The van der Waals surface area contributed by atoms with Crippen molar-refractivity contribution < 1.29 is 4.18 Å². The molecule has 1 fully saturated rings. The van der Waals surface area contributed by atoms with Crippen molar-refractivity contribution in [1.82, 2.24) is 0 Å². The van der Waals surface area contributed by atoms with E-state index in [1.54, 1.807) is 12.0 Å². The van der Waals surface area contributed by atoms with E-state index in [4.69, 9.17) is 4.18 Å². The van der Waals surface area contributed by atoms with Gasteiger partial charge in [0.05, 0.1) is 7.11 Å². The molecular weight excluding hydrogens is 216 g/mol. The molecule has 1 rings (SSSR count). The van der Waals surface area contributed by atoms with Gasteiger partial charge < -0.3 is 4.18 Å². The summed E-state index contributed by atoms with van der Waals surface area (Å²) in [6.45, 7) is 4.62. The summed E-state index contributed by atoms with van der Waals surface area (Å²) in [5.41, 5.74) is 0. The molecule has 0 heterocycles. The largest absolute Gasteiger partial charge is 0.318 e. The summed E-state index contributed by atoms with van der Waals surface area (Å²) in [6, 6.07) is 0. The molecule has 0 aromatic heterocycles. The Kier molecular flexibility index (Phi) is 6.83. The van der Waals surface area contributed by atoms with Crippen LogP contribution in [0.2, 0.25) is 0 Å². The predicted molar refractivity (Wildman–Crippen MR) is 73.7 cm³/mol. The second kappa shape index (κ2) is 7.60. The van der Waals surface area contributed by atoms with Gasteiger partial charge in [-0.3, -0.25) is 0 Å². The van der Waals surface area contributed by atoms with Crippen LogP contribution in [0.15, 0.2) is 0 Å². The third-order valence-corrected chi connectivity index (χ3v) is 5.19. The second-order valence-electron chi connectivity index (χ2n) is 5.15. The van der Waals surface area contributed by atoms with Crippen molar-refractivity contribution in [3.8, 4) is 0 Å². The van der Waals surface area contributed by atoms with E-state index < -0.39 is 0 Å². The Labute approximate surface area is 106 Å². The molecule has 0 aromatic carbocycles. The van der Waals surface area contributed by atoms with E-state index in [1.165, 1.54) is 57.8 Å². The van der Waals surface area contributed by atoms with Crippen LogP contribution in [-0.2, 0) is 4.18 Å². The molecule has 0 N–H and O–H groups in total. The van der Waals surface area contributed by atoms with Gasteiger partial charge in [0.25, 0.3) is 0 Å². The highest BCUT2D eigenvalue weighted by Crippen LogP contribution is 2.47. The van der Waals surface area contributed by atoms with Gasteiger partial charge in [0, 0.05) is 4.75 Å². The Bertz CT molecular complexity index is 159. The smallest absolute Gasteiger partial charge is 0.0503 e. The molecule has 0 bridgehead atoms. The molecule has 2 heteroatoms. The van der Waals surface area contributed by atoms with Gasteiger partial charge in [0.15, 0.2) is 0 Å². The molecule has 1 aliphatic rings. The fourth-order valence-corrected chi connectivity index (χ4v) is 4.60. The zero-order valence-corrected chi connectivity index (χ0v) is 12.1. The van der Waals surface area contributed by atoms with Crippen LogP contribution in [0, 0.1) is 5.92 Å². The van der Waals surface area contributed by atoms with Gasteiger partial charge in [-0.1, -0.05) is 46.0 Å². The standard InChI is InChI=1S/C14H28OS/c1-4-11-14(12-5-2,16-15-3)13-9-7-6-8-10-13/h13H,4-12H2,1-3H3. The van der Waals surface area contributed by atoms with Crippen LogP contribution < -0.4 is 0 Å². The molecule has 16 heavy (non-hydrogen) atoms. The van der Waals surface area contributed by atoms with Crippen molar-refractivity contribution in [3.63, 3.8) is 0 Å². The first kappa shape index (κ1) is 14.4. The third kappa shape index (κ3) is 3.66. The van der Waals surface area contributed by atoms with E-state index in [0.717, 1.165) is 5.92 Å². The molecule has 0 spiro atoms. The minimum absolute atomic E-state index is 0.415. The lowest BCUT2D eigenvalue weighted by molar-refractivity contribution is 0.243. The van der Waals surface area contributed by atoms with Crippen LogP contribution in [-0.4, -0.2) is 11.9 Å². The Morgan fingerprint density at radius 3 is 2.06 bits per heavy atom. The van der Waals surface area contributed by atoms with Gasteiger partial charge in [-0.05, 0) is 43.6 Å². The van der Waals surface area contributed by atoms with Gasteiger partial charge in [0.2, 0.25) is 0 Å². The van der Waals surface area contributed by atoms with Crippen molar-refractivity contribution >= 4 is 12.0 Å². The number of rotatable bonds is 7. The highest BCUT2D eigenvalue weighted by molar-refractivity contribution is 7.96. The Balaban J connectivity index is 2.70.